The van der Waals surface area contributed by atoms with Crippen molar-refractivity contribution in [3.8, 4) is 0 Å². The van der Waals surface area contributed by atoms with E-state index in [1.165, 1.54) is 6.33 Å². The highest BCUT2D eigenvalue weighted by molar-refractivity contribution is 6.07. The molecule has 2 heterocycles. The zero-order valence-electron chi connectivity index (χ0n) is 19.4. The average Bonchev–Trinajstić information content (AvgIpc) is 3.19. The molecule has 0 aliphatic carbocycles. The maximum atomic E-state index is 13.5. The van der Waals surface area contributed by atoms with Crippen molar-refractivity contribution < 1.29 is 14.4 Å². The zero-order chi connectivity index (χ0) is 23.3. The Balaban J connectivity index is 1.82. The first-order chi connectivity index (χ1) is 15.3. The number of hydrogen-bond donors (Lipinski definition) is 2. The van der Waals surface area contributed by atoms with Crippen molar-refractivity contribution in [2.24, 2.45) is 5.92 Å². The summed E-state index contributed by atoms with van der Waals surface area (Å²) in [5, 5.41) is 5.82. The second kappa shape index (κ2) is 9.97. The predicted molar refractivity (Wildman–Crippen MR) is 122 cm³/mol. The Labute approximate surface area is 189 Å². The first-order valence-electron chi connectivity index (χ1n) is 11.3. The molecule has 2 aromatic rings. The standard InChI is InChI=1S/C24H33N5O3/c1-5-13-29-22(31)20-19(21(30)25-12-11-17(2)3)27-16-28(20)15-24(29,4)23(32)26-14-18-9-7-6-8-10-18/h6-10,16-17H,5,11-15H2,1-4H3,(H,25,30)(H,26,32). The molecular weight excluding hydrogens is 406 g/mol. The fourth-order valence-electron chi connectivity index (χ4n) is 3.95. The topological polar surface area (TPSA) is 96.3 Å². The number of carbonyl (C=O) groups excluding carboxylic acids is 3. The molecule has 0 fully saturated rings. The summed E-state index contributed by atoms with van der Waals surface area (Å²) in [7, 11) is 0. The molecule has 1 aliphatic heterocycles. The first-order valence-corrected chi connectivity index (χ1v) is 11.3. The highest BCUT2D eigenvalue weighted by Crippen LogP contribution is 2.29. The van der Waals surface area contributed by atoms with Crippen LogP contribution in [0.3, 0.4) is 0 Å². The molecule has 1 aliphatic rings. The lowest BCUT2D eigenvalue weighted by atomic mass is 9.94. The summed E-state index contributed by atoms with van der Waals surface area (Å²) in [6.45, 7) is 9.45. The minimum Gasteiger partial charge on any atom is -0.351 e. The van der Waals surface area contributed by atoms with Crippen LogP contribution in [0.2, 0.25) is 0 Å². The third kappa shape index (κ3) is 4.84. The number of rotatable bonds is 9. The lowest BCUT2D eigenvalue weighted by Gasteiger charge is -2.43. The number of carbonyl (C=O) groups is 3. The lowest BCUT2D eigenvalue weighted by molar-refractivity contribution is -0.133. The van der Waals surface area contributed by atoms with Crippen LogP contribution in [0.5, 0.6) is 0 Å². The van der Waals surface area contributed by atoms with Gasteiger partial charge in [0, 0.05) is 19.6 Å². The number of hydrogen-bond acceptors (Lipinski definition) is 4. The van der Waals surface area contributed by atoms with Crippen LogP contribution in [0.1, 0.15) is 67.1 Å². The fraction of sp³-hybridized carbons (Fsp3) is 0.500. The van der Waals surface area contributed by atoms with E-state index in [0.717, 1.165) is 12.0 Å². The van der Waals surface area contributed by atoms with Crippen molar-refractivity contribution >= 4 is 17.7 Å². The van der Waals surface area contributed by atoms with Gasteiger partial charge in [0.15, 0.2) is 5.69 Å². The number of nitrogens with zero attached hydrogens (tertiary/aromatic N) is 3. The molecule has 0 saturated carbocycles. The van der Waals surface area contributed by atoms with Crippen molar-refractivity contribution in [3.05, 3.63) is 53.6 Å². The van der Waals surface area contributed by atoms with Gasteiger partial charge >= 0.3 is 0 Å². The van der Waals surface area contributed by atoms with E-state index in [2.05, 4.69) is 29.5 Å². The summed E-state index contributed by atoms with van der Waals surface area (Å²) in [6, 6.07) is 9.64. The second-order valence-corrected chi connectivity index (χ2v) is 8.91. The Morgan fingerprint density at radius 1 is 1.19 bits per heavy atom. The molecule has 0 spiro atoms. The summed E-state index contributed by atoms with van der Waals surface area (Å²) in [4.78, 5) is 45.2. The van der Waals surface area contributed by atoms with Crippen LogP contribution in [-0.4, -0.2) is 50.8 Å². The third-order valence-electron chi connectivity index (χ3n) is 5.81. The quantitative estimate of drug-likeness (QED) is 0.628. The van der Waals surface area contributed by atoms with Gasteiger partial charge in [0.1, 0.15) is 11.2 Å². The van der Waals surface area contributed by atoms with Gasteiger partial charge in [0.25, 0.3) is 11.8 Å². The Bertz CT molecular complexity index is 969. The normalized spacial score (nSPS) is 17.9. The Hall–Kier alpha value is -3.16. The molecule has 1 unspecified atom stereocenters. The van der Waals surface area contributed by atoms with Gasteiger partial charge in [-0.2, -0.15) is 0 Å². The van der Waals surface area contributed by atoms with Crippen LogP contribution in [0.15, 0.2) is 36.7 Å². The Kier molecular flexibility index (Phi) is 7.33. The molecule has 1 aromatic carbocycles. The van der Waals surface area contributed by atoms with E-state index in [1.807, 2.05) is 37.3 Å². The number of nitrogens with one attached hydrogen (secondary N) is 2. The van der Waals surface area contributed by atoms with Crippen molar-refractivity contribution in [2.75, 3.05) is 13.1 Å². The molecule has 172 valence electrons. The summed E-state index contributed by atoms with van der Waals surface area (Å²) < 4.78 is 1.63. The maximum Gasteiger partial charge on any atom is 0.273 e. The lowest BCUT2D eigenvalue weighted by Crippen LogP contribution is -2.64. The van der Waals surface area contributed by atoms with Gasteiger partial charge < -0.3 is 20.1 Å². The van der Waals surface area contributed by atoms with E-state index in [9.17, 15) is 14.4 Å². The van der Waals surface area contributed by atoms with Crippen LogP contribution in [0, 0.1) is 5.92 Å². The summed E-state index contributed by atoms with van der Waals surface area (Å²) in [5.74, 6) is -0.475. The van der Waals surface area contributed by atoms with Crippen LogP contribution in [0.25, 0.3) is 0 Å². The molecule has 3 rings (SSSR count). The smallest absolute Gasteiger partial charge is 0.273 e. The van der Waals surface area contributed by atoms with Gasteiger partial charge in [0.05, 0.1) is 12.9 Å². The SMILES string of the molecule is CCCN1C(=O)c2c(C(=O)NCCC(C)C)ncn2CC1(C)C(=O)NCc1ccccc1. The van der Waals surface area contributed by atoms with Crippen molar-refractivity contribution in [1.29, 1.82) is 0 Å². The van der Waals surface area contributed by atoms with Gasteiger partial charge in [-0.05, 0) is 31.2 Å². The van der Waals surface area contributed by atoms with Crippen molar-refractivity contribution in [3.63, 3.8) is 0 Å². The van der Waals surface area contributed by atoms with Crippen molar-refractivity contribution in [1.82, 2.24) is 25.1 Å². The fourth-order valence-corrected chi connectivity index (χ4v) is 3.95. The number of fused-ring (bicyclic) bond motifs is 1. The van der Waals surface area contributed by atoms with Gasteiger partial charge in [-0.3, -0.25) is 14.4 Å². The Morgan fingerprint density at radius 3 is 2.56 bits per heavy atom. The van der Waals surface area contributed by atoms with Crippen molar-refractivity contribution in [2.45, 2.75) is 59.2 Å². The average molecular weight is 440 g/mol. The van der Waals surface area contributed by atoms with Gasteiger partial charge in [-0.25, -0.2) is 4.98 Å². The number of amides is 3. The minimum absolute atomic E-state index is 0.117. The van der Waals surface area contributed by atoms with E-state index >= 15 is 0 Å². The molecule has 8 nitrogen and oxygen atoms in total. The molecule has 1 atom stereocenters. The highest BCUT2D eigenvalue weighted by Gasteiger charge is 2.48. The summed E-state index contributed by atoms with van der Waals surface area (Å²) >= 11 is 0. The molecule has 32 heavy (non-hydrogen) atoms. The van der Waals surface area contributed by atoms with Gasteiger partial charge in [-0.15, -0.1) is 0 Å². The molecule has 0 bridgehead atoms. The zero-order valence-corrected chi connectivity index (χ0v) is 19.4. The minimum atomic E-state index is -1.08. The number of benzene rings is 1. The van der Waals surface area contributed by atoms with Crippen LogP contribution in [0.4, 0.5) is 0 Å². The highest BCUT2D eigenvalue weighted by atomic mass is 16.2. The Morgan fingerprint density at radius 2 is 1.91 bits per heavy atom. The summed E-state index contributed by atoms with van der Waals surface area (Å²) in [6.07, 6.45) is 3.02. The van der Waals surface area contributed by atoms with E-state index in [4.69, 9.17) is 0 Å². The molecule has 3 amide bonds. The first kappa shape index (κ1) is 23.5. The largest absolute Gasteiger partial charge is 0.351 e. The summed E-state index contributed by atoms with van der Waals surface area (Å²) in [5.41, 5.74) is 0.263. The van der Waals surface area contributed by atoms with E-state index in [0.29, 0.717) is 32.0 Å². The van der Waals surface area contributed by atoms with Gasteiger partial charge in [0.2, 0.25) is 5.91 Å². The van der Waals surface area contributed by atoms with E-state index < -0.39 is 5.54 Å². The molecular formula is C24H33N5O3. The van der Waals surface area contributed by atoms with Crippen LogP contribution >= 0.6 is 0 Å². The molecule has 0 radical (unpaired) electrons. The number of aromatic nitrogens is 2. The molecule has 1 aromatic heterocycles. The number of imidazole rings is 1. The van der Waals surface area contributed by atoms with Crippen LogP contribution < -0.4 is 10.6 Å². The van der Waals surface area contributed by atoms with E-state index in [-0.39, 0.29) is 35.7 Å². The predicted octanol–water partition coefficient (Wildman–Crippen LogP) is 2.60. The molecule has 8 heteroatoms. The second-order valence-electron chi connectivity index (χ2n) is 8.91. The van der Waals surface area contributed by atoms with Gasteiger partial charge in [-0.1, -0.05) is 51.1 Å². The molecule has 2 N–H and O–H groups in total. The van der Waals surface area contributed by atoms with Crippen LogP contribution in [-0.2, 0) is 17.9 Å². The third-order valence-corrected chi connectivity index (χ3v) is 5.81. The molecule has 0 saturated heterocycles. The maximum absolute atomic E-state index is 13.5. The monoisotopic (exact) mass is 439 g/mol. The van der Waals surface area contributed by atoms with E-state index in [1.54, 1.807) is 16.4 Å².